The predicted molar refractivity (Wildman–Crippen MR) is 72.7 cm³/mol. The number of hydrogen-bond donors (Lipinski definition) is 1. The average molecular weight is 294 g/mol. The first-order chi connectivity index (χ1) is 9.48. The Kier molecular flexibility index (Phi) is 4.01. The summed E-state index contributed by atoms with van der Waals surface area (Å²) in [5.74, 6) is -0.278. The smallest absolute Gasteiger partial charge is 0.251 e. The second kappa shape index (κ2) is 5.56. The van der Waals surface area contributed by atoms with Gasteiger partial charge in [0.05, 0.1) is 4.90 Å². The van der Waals surface area contributed by atoms with E-state index in [2.05, 4.69) is 5.32 Å². The Labute approximate surface area is 117 Å². The molecule has 0 unspecified atom stereocenters. The zero-order valence-corrected chi connectivity index (χ0v) is 11.7. The van der Waals surface area contributed by atoms with E-state index in [0.29, 0.717) is 17.4 Å². The van der Waals surface area contributed by atoms with E-state index in [1.807, 2.05) is 0 Å². The Bertz CT molecular complexity index is 662. The van der Waals surface area contributed by atoms with Gasteiger partial charge in [0.2, 0.25) is 10.0 Å². The van der Waals surface area contributed by atoms with E-state index < -0.39 is 10.0 Å². The second-order valence-electron chi connectivity index (χ2n) is 4.30. The molecule has 20 heavy (non-hydrogen) atoms. The van der Waals surface area contributed by atoms with Gasteiger partial charge < -0.3 is 5.32 Å². The van der Waals surface area contributed by atoms with E-state index in [4.69, 9.17) is 0 Å². The highest BCUT2D eigenvalue weighted by Crippen LogP contribution is 2.20. The molecular weight excluding hydrogens is 280 g/mol. The fourth-order valence-electron chi connectivity index (χ4n) is 1.89. The molecule has 0 atom stereocenters. The van der Waals surface area contributed by atoms with Crippen LogP contribution in [0.5, 0.6) is 0 Å². The minimum Gasteiger partial charge on any atom is -0.355 e. The maximum absolute atomic E-state index is 12.3. The molecule has 0 bridgehead atoms. The second-order valence-corrected chi connectivity index (χ2v) is 6.24. The number of sulfonamides is 1. The van der Waals surface area contributed by atoms with Crippen molar-refractivity contribution in [1.82, 2.24) is 9.62 Å². The molecule has 1 aromatic carbocycles. The van der Waals surface area contributed by atoms with Crippen LogP contribution in [-0.2, 0) is 14.8 Å². The van der Waals surface area contributed by atoms with Crippen LogP contribution in [0, 0.1) is 0 Å². The minimum atomic E-state index is -3.64. The van der Waals surface area contributed by atoms with Crippen LogP contribution in [0.15, 0.2) is 40.8 Å². The molecule has 1 amide bonds. The van der Waals surface area contributed by atoms with E-state index in [1.54, 1.807) is 6.08 Å². The van der Waals surface area contributed by atoms with Gasteiger partial charge in [0.25, 0.3) is 5.91 Å². The molecule has 1 aliphatic rings. The molecular formula is C13H14N2O4S. The minimum absolute atomic E-state index is 0.0863. The lowest BCUT2D eigenvalue weighted by molar-refractivity contribution is -0.104. The SMILES string of the molecule is CNC(=O)c1ccc(S(=O)(=O)N2CC=C(C=O)C2)cc1. The number of rotatable bonds is 4. The van der Waals surface area contributed by atoms with Crippen molar-refractivity contribution >= 4 is 22.2 Å². The van der Waals surface area contributed by atoms with Crippen molar-refractivity contribution in [3.8, 4) is 0 Å². The summed E-state index contributed by atoms with van der Waals surface area (Å²) < 4.78 is 25.9. The highest BCUT2D eigenvalue weighted by molar-refractivity contribution is 7.89. The summed E-state index contributed by atoms with van der Waals surface area (Å²) in [5.41, 5.74) is 0.843. The van der Waals surface area contributed by atoms with E-state index in [1.165, 1.54) is 35.6 Å². The Morgan fingerprint density at radius 3 is 2.45 bits per heavy atom. The third-order valence-corrected chi connectivity index (χ3v) is 4.87. The summed E-state index contributed by atoms with van der Waals surface area (Å²) in [6.45, 7) is 0.274. The summed E-state index contributed by atoms with van der Waals surface area (Å²) in [6.07, 6.45) is 2.24. The fraction of sp³-hybridized carbons (Fsp3) is 0.231. The molecule has 0 fully saturated rings. The van der Waals surface area contributed by atoms with Gasteiger partial charge in [0.1, 0.15) is 6.29 Å². The lowest BCUT2D eigenvalue weighted by Gasteiger charge is -2.16. The number of amides is 1. The number of nitrogens with one attached hydrogen (secondary N) is 1. The Morgan fingerprint density at radius 1 is 1.30 bits per heavy atom. The summed E-state index contributed by atoms with van der Waals surface area (Å²) in [4.78, 5) is 22.1. The average Bonchev–Trinajstić information content (AvgIpc) is 2.96. The van der Waals surface area contributed by atoms with Gasteiger partial charge in [-0.25, -0.2) is 8.42 Å². The lowest BCUT2D eigenvalue weighted by Crippen LogP contribution is -2.29. The zero-order valence-electron chi connectivity index (χ0n) is 10.9. The van der Waals surface area contributed by atoms with Crippen molar-refractivity contribution in [2.75, 3.05) is 20.1 Å². The van der Waals surface area contributed by atoms with Crippen LogP contribution < -0.4 is 5.32 Å². The Balaban J connectivity index is 2.23. The van der Waals surface area contributed by atoms with Gasteiger partial charge in [0, 0.05) is 31.3 Å². The molecule has 0 aliphatic carbocycles. The van der Waals surface area contributed by atoms with Crippen molar-refractivity contribution in [3.05, 3.63) is 41.5 Å². The lowest BCUT2D eigenvalue weighted by atomic mass is 10.2. The number of carbonyl (C=O) groups excluding carboxylic acids is 2. The largest absolute Gasteiger partial charge is 0.355 e. The molecule has 0 spiro atoms. The van der Waals surface area contributed by atoms with E-state index in [-0.39, 0.29) is 23.9 Å². The number of aldehydes is 1. The molecule has 0 saturated carbocycles. The van der Waals surface area contributed by atoms with E-state index >= 15 is 0 Å². The van der Waals surface area contributed by atoms with Crippen molar-refractivity contribution < 1.29 is 18.0 Å². The van der Waals surface area contributed by atoms with Gasteiger partial charge >= 0.3 is 0 Å². The predicted octanol–water partition coefficient (Wildman–Crippen LogP) is 0.176. The van der Waals surface area contributed by atoms with Crippen LogP contribution in [0.4, 0.5) is 0 Å². The molecule has 2 rings (SSSR count). The fourth-order valence-corrected chi connectivity index (χ4v) is 3.26. The topological polar surface area (TPSA) is 83.6 Å². The van der Waals surface area contributed by atoms with E-state index in [0.717, 1.165) is 0 Å². The first kappa shape index (κ1) is 14.4. The molecule has 1 aromatic rings. The van der Waals surface area contributed by atoms with Gasteiger partial charge in [0.15, 0.2) is 0 Å². The van der Waals surface area contributed by atoms with Gasteiger partial charge in [-0.15, -0.1) is 0 Å². The summed E-state index contributed by atoms with van der Waals surface area (Å²) in [5, 5.41) is 2.46. The van der Waals surface area contributed by atoms with Gasteiger partial charge in [-0.2, -0.15) is 4.31 Å². The van der Waals surface area contributed by atoms with E-state index in [9.17, 15) is 18.0 Å². The maximum atomic E-state index is 12.3. The van der Waals surface area contributed by atoms with Crippen LogP contribution in [0.25, 0.3) is 0 Å². The molecule has 6 nitrogen and oxygen atoms in total. The van der Waals surface area contributed by atoms with Crippen molar-refractivity contribution in [2.24, 2.45) is 0 Å². The van der Waals surface area contributed by atoms with Crippen molar-refractivity contribution in [1.29, 1.82) is 0 Å². The molecule has 1 aliphatic heterocycles. The van der Waals surface area contributed by atoms with Gasteiger partial charge in [-0.1, -0.05) is 6.08 Å². The first-order valence-corrected chi connectivity index (χ1v) is 7.39. The van der Waals surface area contributed by atoms with Crippen LogP contribution in [0.2, 0.25) is 0 Å². The van der Waals surface area contributed by atoms with Crippen molar-refractivity contribution in [2.45, 2.75) is 4.90 Å². The summed E-state index contributed by atoms with van der Waals surface area (Å²) >= 11 is 0. The van der Waals surface area contributed by atoms with Crippen LogP contribution in [-0.4, -0.2) is 45.1 Å². The third kappa shape index (κ3) is 2.63. The van der Waals surface area contributed by atoms with Crippen molar-refractivity contribution in [3.63, 3.8) is 0 Å². The first-order valence-electron chi connectivity index (χ1n) is 5.95. The van der Waals surface area contributed by atoms with Crippen LogP contribution >= 0.6 is 0 Å². The number of hydrogen-bond acceptors (Lipinski definition) is 4. The maximum Gasteiger partial charge on any atom is 0.251 e. The van der Waals surface area contributed by atoms with Gasteiger partial charge in [-0.3, -0.25) is 9.59 Å². The number of nitrogens with zero attached hydrogens (tertiary/aromatic N) is 1. The molecule has 7 heteroatoms. The highest BCUT2D eigenvalue weighted by atomic mass is 32.2. The van der Waals surface area contributed by atoms with Crippen LogP contribution in [0.3, 0.4) is 0 Å². The summed E-state index contributed by atoms with van der Waals surface area (Å²) in [7, 11) is -2.14. The van der Waals surface area contributed by atoms with Gasteiger partial charge in [-0.05, 0) is 24.3 Å². The molecule has 0 saturated heterocycles. The number of benzene rings is 1. The monoisotopic (exact) mass is 294 g/mol. The quantitative estimate of drug-likeness (QED) is 0.803. The highest BCUT2D eigenvalue weighted by Gasteiger charge is 2.27. The Hall–Kier alpha value is -1.99. The molecule has 0 radical (unpaired) electrons. The standard InChI is InChI=1S/C13H14N2O4S/c1-14-13(17)11-2-4-12(5-3-11)20(18,19)15-7-6-10(8-15)9-16/h2-6,9H,7-8H2,1H3,(H,14,17). The third-order valence-electron chi connectivity index (χ3n) is 3.05. The van der Waals surface area contributed by atoms with Crippen LogP contribution in [0.1, 0.15) is 10.4 Å². The Morgan fingerprint density at radius 2 is 1.95 bits per heavy atom. The molecule has 106 valence electrons. The zero-order chi connectivity index (χ0) is 14.8. The summed E-state index contributed by atoms with van der Waals surface area (Å²) in [6, 6.07) is 5.68. The molecule has 0 aromatic heterocycles. The normalized spacial score (nSPS) is 15.8. The molecule has 1 N–H and O–H groups in total. The molecule has 1 heterocycles. The number of carbonyl (C=O) groups is 2.